The molecule has 1 aromatic heterocycles. The minimum absolute atomic E-state index is 0.0155. The standard InChI is InChI=1S/C23H24N4O3/c1-15-7-2-3-9-17(15)24-21(28)13-20-22(29)26(14-16-8-6-12-30-16)23-25-18-10-4-5-11-19(18)27(20)23/h2-5,7,9-11,16,20H,6,8,12-14H2,1H3,(H,24,28)/t16-,20+/m0/s1. The van der Waals surface area contributed by atoms with Crippen LogP contribution < -0.4 is 10.2 Å². The van der Waals surface area contributed by atoms with Crippen LogP contribution in [0.1, 0.15) is 30.9 Å². The van der Waals surface area contributed by atoms with E-state index in [0.29, 0.717) is 12.5 Å². The van der Waals surface area contributed by atoms with E-state index in [0.717, 1.165) is 41.7 Å². The normalized spacial score (nSPS) is 20.7. The van der Waals surface area contributed by atoms with Crippen molar-refractivity contribution in [2.45, 2.75) is 38.3 Å². The molecule has 30 heavy (non-hydrogen) atoms. The highest BCUT2D eigenvalue weighted by molar-refractivity contribution is 6.05. The number of benzene rings is 2. The Bertz CT molecular complexity index is 1120. The summed E-state index contributed by atoms with van der Waals surface area (Å²) in [4.78, 5) is 32.6. The molecule has 5 rings (SSSR count). The fourth-order valence-corrected chi connectivity index (χ4v) is 4.35. The highest BCUT2D eigenvalue weighted by Gasteiger charge is 2.42. The van der Waals surface area contributed by atoms with Gasteiger partial charge in [-0.15, -0.1) is 0 Å². The van der Waals surface area contributed by atoms with E-state index >= 15 is 0 Å². The van der Waals surface area contributed by atoms with Crippen molar-refractivity contribution in [3.63, 3.8) is 0 Å². The minimum atomic E-state index is -0.613. The molecule has 3 heterocycles. The monoisotopic (exact) mass is 404 g/mol. The molecule has 0 bridgehead atoms. The second-order valence-corrected chi connectivity index (χ2v) is 7.94. The van der Waals surface area contributed by atoms with E-state index in [1.165, 1.54) is 0 Å². The minimum Gasteiger partial charge on any atom is -0.376 e. The molecule has 1 fully saturated rings. The third-order valence-corrected chi connectivity index (χ3v) is 5.89. The van der Waals surface area contributed by atoms with Gasteiger partial charge in [-0.3, -0.25) is 19.1 Å². The van der Waals surface area contributed by atoms with Gasteiger partial charge in [-0.2, -0.15) is 0 Å². The fraction of sp³-hybridized carbons (Fsp3) is 0.348. The van der Waals surface area contributed by atoms with Crippen LogP contribution >= 0.6 is 0 Å². The van der Waals surface area contributed by atoms with Gasteiger partial charge in [0, 0.05) is 12.3 Å². The number of carbonyl (C=O) groups excluding carboxylic acids is 2. The van der Waals surface area contributed by atoms with Crippen LogP contribution in [0.4, 0.5) is 11.6 Å². The summed E-state index contributed by atoms with van der Waals surface area (Å²) in [7, 11) is 0. The fourth-order valence-electron chi connectivity index (χ4n) is 4.35. The van der Waals surface area contributed by atoms with Gasteiger partial charge < -0.3 is 10.1 Å². The summed E-state index contributed by atoms with van der Waals surface area (Å²) in [6.45, 7) is 3.14. The zero-order valence-corrected chi connectivity index (χ0v) is 16.9. The zero-order valence-electron chi connectivity index (χ0n) is 16.9. The first-order chi connectivity index (χ1) is 14.6. The molecule has 0 radical (unpaired) electrons. The van der Waals surface area contributed by atoms with Crippen LogP contribution in [0.3, 0.4) is 0 Å². The van der Waals surface area contributed by atoms with E-state index in [2.05, 4.69) is 5.32 Å². The van der Waals surface area contributed by atoms with Gasteiger partial charge in [-0.1, -0.05) is 30.3 Å². The number of anilines is 2. The molecule has 2 atom stereocenters. The largest absolute Gasteiger partial charge is 0.376 e. The number of hydrogen-bond donors (Lipinski definition) is 1. The molecular weight excluding hydrogens is 380 g/mol. The summed E-state index contributed by atoms with van der Waals surface area (Å²) in [5, 5.41) is 2.95. The number of carbonyl (C=O) groups is 2. The van der Waals surface area contributed by atoms with Crippen molar-refractivity contribution in [2.24, 2.45) is 0 Å². The number of amides is 2. The molecule has 1 N–H and O–H groups in total. The SMILES string of the molecule is Cc1ccccc1NC(=O)C[C@@H]1C(=O)N(C[C@@H]2CCCO2)c2nc3ccccc3n21. The molecule has 0 spiro atoms. The van der Waals surface area contributed by atoms with Gasteiger partial charge in [-0.05, 0) is 43.5 Å². The van der Waals surface area contributed by atoms with Crippen LogP contribution in [0.5, 0.6) is 0 Å². The molecule has 7 nitrogen and oxygen atoms in total. The molecule has 2 amide bonds. The summed E-state index contributed by atoms with van der Waals surface area (Å²) < 4.78 is 7.66. The van der Waals surface area contributed by atoms with Gasteiger partial charge >= 0.3 is 0 Å². The van der Waals surface area contributed by atoms with Crippen molar-refractivity contribution >= 4 is 34.5 Å². The smallest absolute Gasteiger partial charge is 0.253 e. The number of nitrogens with one attached hydrogen (secondary N) is 1. The van der Waals surface area contributed by atoms with Crippen LogP contribution in [-0.4, -0.2) is 40.6 Å². The van der Waals surface area contributed by atoms with Gasteiger partial charge in [-0.25, -0.2) is 4.98 Å². The van der Waals surface area contributed by atoms with Gasteiger partial charge in [0.15, 0.2) is 0 Å². The molecule has 0 saturated carbocycles. The van der Waals surface area contributed by atoms with Crippen molar-refractivity contribution in [3.8, 4) is 0 Å². The predicted octanol–water partition coefficient (Wildman–Crippen LogP) is 3.44. The molecular formula is C23H24N4O3. The average molecular weight is 404 g/mol. The molecule has 2 aliphatic heterocycles. The van der Waals surface area contributed by atoms with Crippen LogP contribution in [-0.2, 0) is 14.3 Å². The lowest BCUT2D eigenvalue weighted by Crippen LogP contribution is -2.37. The number of ether oxygens (including phenoxy) is 1. The Morgan fingerprint density at radius 1 is 1.20 bits per heavy atom. The summed E-state index contributed by atoms with van der Waals surface area (Å²) in [5.41, 5.74) is 3.43. The maximum Gasteiger partial charge on any atom is 0.253 e. The van der Waals surface area contributed by atoms with Gasteiger partial charge in [0.25, 0.3) is 5.91 Å². The van der Waals surface area contributed by atoms with E-state index in [4.69, 9.17) is 9.72 Å². The Morgan fingerprint density at radius 3 is 2.80 bits per heavy atom. The quantitative estimate of drug-likeness (QED) is 0.707. The van der Waals surface area contributed by atoms with Crippen molar-refractivity contribution in [1.82, 2.24) is 9.55 Å². The maximum atomic E-state index is 13.3. The topological polar surface area (TPSA) is 76.5 Å². The summed E-state index contributed by atoms with van der Waals surface area (Å²) >= 11 is 0. The Labute approximate surface area is 174 Å². The Morgan fingerprint density at radius 2 is 2.00 bits per heavy atom. The van der Waals surface area contributed by atoms with Crippen molar-refractivity contribution in [3.05, 3.63) is 54.1 Å². The molecule has 0 unspecified atom stereocenters. The van der Waals surface area contributed by atoms with Crippen LogP contribution in [0.2, 0.25) is 0 Å². The van der Waals surface area contributed by atoms with E-state index in [1.54, 1.807) is 4.90 Å². The number of para-hydroxylation sites is 3. The molecule has 2 aliphatic rings. The number of aromatic nitrogens is 2. The first-order valence-electron chi connectivity index (χ1n) is 10.4. The van der Waals surface area contributed by atoms with Gasteiger partial charge in [0.2, 0.25) is 11.9 Å². The summed E-state index contributed by atoms with van der Waals surface area (Å²) in [6.07, 6.45) is 2.01. The molecule has 1 saturated heterocycles. The number of hydrogen-bond acceptors (Lipinski definition) is 4. The molecule has 3 aromatic rings. The summed E-state index contributed by atoms with van der Waals surface area (Å²) in [5.74, 6) is 0.314. The Balaban J connectivity index is 1.45. The Hall–Kier alpha value is -3.19. The lowest BCUT2D eigenvalue weighted by atomic mass is 10.1. The molecule has 0 aliphatic carbocycles. The highest BCUT2D eigenvalue weighted by Crippen LogP contribution is 2.37. The molecule has 2 aromatic carbocycles. The van der Waals surface area contributed by atoms with E-state index in [9.17, 15) is 9.59 Å². The number of nitrogens with zero attached hydrogens (tertiary/aromatic N) is 3. The third kappa shape index (κ3) is 3.25. The lowest BCUT2D eigenvalue weighted by molar-refractivity contribution is -0.124. The summed E-state index contributed by atoms with van der Waals surface area (Å²) in [6, 6.07) is 14.7. The van der Waals surface area contributed by atoms with Gasteiger partial charge in [0.05, 0.1) is 30.1 Å². The molecule has 7 heteroatoms. The predicted molar refractivity (Wildman–Crippen MR) is 115 cm³/mol. The van der Waals surface area contributed by atoms with Crippen LogP contribution in [0, 0.1) is 6.92 Å². The first-order valence-corrected chi connectivity index (χ1v) is 10.4. The average Bonchev–Trinajstić information content (AvgIpc) is 3.44. The van der Waals surface area contributed by atoms with E-state index in [1.807, 2.05) is 60.0 Å². The van der Waals surface area contributed by atoms with E-state index < -0.39 is 6.04 Å². The van der Waals surface area contributed by atoms with Crippen molar-refractivity contribution in [1.29, 1.82) is 0 Å². The number of imidazole rings is 1. The Kier molecular flexibility index (Phi) is 4.75. The first kappa shape index (κ1) is 18.8. The number of rotatable bonds is 5. The second-order valence-electron chi connectivity index (χ2n) is 7.94. The third-order valence-electron chi connectivity index (χ3n) is 5.89. The highest BCUT2D eigenvalue weighted by atomic mass is 16.5. The zero-order chi connectivity index (χ0) is 20.7. The van der Waals surface area contributed by atoms with Crippen molar-refractivity contribution < 1.29 is 14.3 Å². The van der Waals surface area contributed by atoms with Gasteiger partial charge in [0.1, 0.15) is 6.04 Å². The maximum absolute atomic E-state index is 13.3. The van der Waals surface area contributed by atoms with E-state index in [-0.39, 0.29) is 24.3 Å². The number of aryl methyl sites for hydroxylation is 1. The van der Waals surface area contributed by atoms with Crippen LogP contribution in [0.25, 0.3) is 11.0 Å². The van der Waals surface area contributed by atoms with Crippen molar-refractivity contribution in [2.75, 3.05) is 23.4 Å². The van der Waals surface area contributed by atoms with Crippen LogP contribution in [0.15, 0.2) is 48.5 Å². The molecule has 154 valence electrons. The second kappa shape index (κ2) is 7.57. The number of fused-ring (bicyclic) bond motifs is 3. The lowest BCUT2D eigenvalue weighted by Gasteiger charge is -2.19.